The summed E-state index contributed by atoms with van der Waals surface area (Å²) in [5.41, 5.74) is 0. The molecule has 24 heavy (non-hydrogen) atoms. The van der Waals surface area contributed by atoms with Gasteiger partial charge in [-0.3, -0.25) is 0 Å². The molecule has 2 aliphatic heterocycles. The zero-order valence-corrected chi connectivity index (χ0v) is 15.7. The average molecular weight is 375 g/mol. The molecular formula is C15H26N4O3S2. The van der Waals surface area contributed by atoms with Gasteiger partial charge in [0.05, 0.1) is 18.4 Å². The van der Waals surface area contributed by atoms with Crippen molar-refractivity contribution in [2.45, 2.75) is 49.4 Å². The maximum atomic E-state index is 11.4. The summed E-state index contributed by atoms with van der Waals surface area (Å²) >= 11 is 1.48. The Balaban J connectivity index is 1.74. The molecule has 1 aromatic heterocycles. The Labute approximate surface area is 147 Å². The van der Waals surface area contributed by atoms with Crippen LogP contribution in [0.1, 0.15) is 37.4 Å². The number of thioether (sulfide) groups is 1. The van der Waals surface area contributed by atoms with Crippen LogP contribution < -0.4 is 5.32 Å². The minimum atomic E-state index is -2.95. The summed E-state index contributed by atoms with van der Waals surface area (Å²) in [5, 5.41) is 13.0. The Morgan fingerprint density at radius 2 is 2.08 bits per heavy atom. The van der Waals surface area contributed by atoms with E-state index in [1.165, 1.54) is 18.0 Å². The van der Waals surface area contributed by atoms with E-state index < -0.39 is 9.84 Å². The van der Waals surface area contributed by atoms with Crippen LogP contribution in [0.2, 0.25) is 0 Å². The normalized spacial score (nSPS) is 23.0. The van der Waals surface area contributed by atoms with E-state index in [4.69, 9.17) is 4.74 Å². The van der Waals surface area contributed by atoms with E-state index in [0.717, 1.165) is 62.9 Å². The Morgan fingerprint density at radius 3 is 2.75 bits per heavy atom. The predicted molar refractivity (Wildman–Crippen MR) is 94.3 cm³/mol. The first-order valence-electron chi connectivity index (χ1n) is 8.59. The number of nitrogens with one attached hydrogen (secondary N) is 1. The highest BCUT2D eigenvalue weighted by Gasteiger charge is 2.26. The third-order valence-electron chi connectivity index (χ3n) is 4.55. The fourth-order valence-electron chi connectivity index (χ4n) is 3.24. The number of nitrogens with zero attached hydrogens (tertiary/aromatic N) is 3. The molecule has 1 aromatic rings. The van der Waals surface area contributed by atoms with Crippen molar-refractivity contribution in [1.82, 2.24) is 20.1 Å². The van der Waals surface area contributed by atoms with Gasteiger partial charge in [0.2, 0.25) is 0 Å². The fourth-order valence-corrected chi connectivity index (χ4v) is 5.39. The maximum Gasteiger partial charge on any atom is 0.191 e. The first-order chi connectivity index (χ1) is 11.5. The van der Waals surface area contributed by atoms with Crippen LogP contribution in [0.5, 0.6) is 0 Å². The van der Waals surface area contributed by atoms with Gasteiger partial charge in [-0.05, 0) is 38.8 Å². The van der Waals surface area contributed by atoms with E-state index in [9.17, 15) is 8.42 Å². The average Bonchev–Trinajstić information content (AvgIpc) is 3.18. The second-order valence-corrected chi connectivity index (χ2v) is 9.91. The molecular weight excluding hydrogens is 348 g/mol. The first-order valence-corrected chi connectivity index (χ1v) is 11.6. The van der Waals surface area contributed by atoms with Crippen LogP contribution in [0.25, 0.3) is 0 Å². The van der Waals surface area contributed by atoms with E-state index in [0.29, 0.717) is 11.7 Å². The summed E-state index contributed by atoms with van der Waals surface area (Å²) in [6, 6.07) is 0. The van der Waals surface area contributed by atoms with Crippen molar-refractivity contribution in [1.29, 1.82) is 0 Å². The molecule has 0 spiro atoms. The highest BCUT2D eigenvalue weighted by molar-refractivity contribution is 8.00. The number of hydrogen-bond acceptors (Lipinski definition) is 7. The minimum Gasteiger partial charge on any atom is -0.376 e. The van der Waals surface area contributed by atoms with Crippen LogP contribution in [0.4, 0.5) is 0 Å². The molecule has 0 unspecified atom stereocenters. The molecule has 0 aromatic carbocycles. The molecule has 3 heterocycles. The van der Waals surface area contributed by atoms with E-state index >= 15 is 0 Å². The van der Waals surface area contributed by atoms with Gasteiger partial charge in [0.15, 0.2) is 5.16 Å². The summed E-state index contributed by atoms with van der Waals surface area (Å²) in [7, 11) is -2.95. The van der Waals surface area contributed by atoms with Crippen LogP contribution in [-0.4, -0.2) is 66.7 Å². The van der Waals surface area contributed by atoms with Gasteiger partial charge in [0.1, 0.15) is 15.7 Å². The van der Waals surface area contributed by atoms with Gasteiger partial charge in [-0.25, -0.2) is 8.42 Å². The molecule has 7 nitrogen and oxygen atoms in total. The number of sulfone groups is 1. The zero-order valence-electron chi connectivity index (χ0n) is 14.1. The Hall–Kier alpha value is -0.640. The van der Waals surface area contributed by atoms with Crippen molar-refractivity contribution in [3.63, 3.8) is 0 Å². The molecule has 3 rings (SSSR count). The van der Waals surface area contributed by atoms with Crippen LogP contribution in [0.3, 0.4) is 0 Å². The molecule has 2 saturated heterocycles. The molecule has 0 radical (unpaired) electrons. The largest absolute Gasteiger partial charge is 0.376 e. The van der Waals surface area contributed by atoms with Crippen molar-refractivity contribution < 1.29 is 13.2 Å². The van der Waals surface area contributed by atoms with Gasteiger partial charge in [0.25, 0.3) is 0 Å². The summed E-state index contributed by atoms with van der Waals surface area (Å²) in [5.74, 6) is 2.13. The Bertz CT molecular complexity index is 635. The van der Waals surface area contributed by atoms with Gasteiger partial charge in [-0.15, -0.1) is 10.2 Å². The van der Waals surface area contributed by atoms with Crippen LogP contribution in [0, 0.1) is 0 Å². The number of hydrogen-bond donors (Lipinski definition) is 1. The lowest BCUT2D eigenvalue weighted by Gasteiger charge is -2.23. The number of aromatic nitrogens is 3. The molecule has 2 fully saturated rings. The van der Waals surface area contributed by atoms with Crippen LogP contribution in [0.15, 0.2) is 5.16 Å². The molecule has 9 heteroatoms. The summed E-state index contributed by atoms with van der Waals surface area (Å²) in [6.07, 6.45) is 5.79. The van der Waals surface area contributed by atoms with E-state index in [1.54, 1.807) is 0 Å². The van der Waals surface area contributed by atoms with E-state index in [2.05, 4.69) is 20.1 Å². The monoisotopic (exact) mass is 374 g/mol. The SMILES string of the molecule is CS(=O)(=O)CCSc1nnc(C2CCNCC2)n1C[C@H]1CCCO1. The second-order valence-electron chi connectivity index (χ2n) is 6.59. The van der Waals surface area contributed by atoms with Crippen molar-refractivity contribution in [3.8, 4) is 0 Å². The van der Waals surface area contributed by atoms with E-state index in [-0.39, 0.29) is 11.9 Å². The highest BCUT2D eigenvalue weighted by atomic mass is 32.2. The van der Waals surface area contributed by atoms with Crippen molar-refractivity contribution in [2.75, 3.05) is 37.5 Å². The molecule has 1 atom stereocenters. The third-order valence-corrected chi connectivity index (χ3v) is 6.72. The minimum absolute atomic E-state index is 0.160. The van der Waals surface area contributed by atoms with Gasteiger partial charge in [-0.2, -0.15) is 0 Å². The van der Waals surface area contributed by atoms with E-state index in [1.807, 2.05) is 0 Å². The van der Waals surface area contributed by atoms with Gasteiger partial charge >= 0.3 is 0 Å². The number of ether oxygens (including phenoxy) is 1. The van der Waals surface area contributed by atoms with Crippen LogP contribution in [-0.2, 0) is 21.1 Å². The smallest absolute Gasteiger partial charge is 0.191 e. The molecule has 0 bridgehead atoms. The quantitative estimate of drug-likeness (QED) is 0.714. The summed E-state index contributed by atoms with van der Waals surface area (Å²) < 4.78 is 30.7. The molecule has 136 valence electrons. The summed E-state index contributed by atoms with van der Waals surface area (Å²) in [6.45, 7) is 3.61. The topological polar surface area (TPSA) is 86.1 Å². The molecule has 0 saturated carbocycles. The van der Waals surface area contributed by atoms with Gasteiger partial charge in [0, 0.05) is 24.5 Å². The zero-order chi connectivity index (χ0) is 17.0. The lowest BCUT2D eigenvalue weighted by molar-refractivity contribution is 0.0936. The standard InChI is InChI=1S/C15H26N4O3S2/c1-24(20,21)10-9-23-15-18-17-14(12-4-6-16-7-5-12)19(15)11-13-3-2-8-22-13/h12-13,16H,2-11H2,1H3/t13-/m1/s1. The van der Waals surface area contributed by atoms with Gasteiger partial charge < -0.3 is 14.6 Å². The molecule has 2 aliphatic rings. The third kappa shape index (κ3) is 4.93. The maximum absolute atomic E-state index is 11.4. The number of piperidine rings is 1. The Morgan fingerprint density at radius 1 is 1.29 bits per heavy atom. The molecule has 0 aliphatic carbocycles. The van der Waals surface area contributed by atoms with Crippen molar-refractivity contribution in [3.05, 3.63) is 5.82 Å². The first kappa shape index (κ1) is 18.2. The number of rotatable bonds is 7. The Kier molecular flexibility index (Phi) is 6.17. The van der Waals surface area contributed by atoms with Gasteiger partial charge in [-0.1, -0.05) is 11.8 Å². The molecule has 0 amide bonds. The highest BCUT2D eigenvalue weighted by Crippen LogP contribution is 2.29. The van der Waals surface area contributed by atoms with Crippen LogP contribution >= 0.6 is 11.8 Å². The van der Waals surface area contributed by atoms with Crippen molar-refractivity contribution >= 4 is 21.6 Å². The van der Waals surface area contributed by atoms with Crippen molar-refractivity contribution in [2.24, 2.45) is 0 Å². The predicted octanol–water partition coefficient (Wildman–Crippen LogP) is 1.06. The lowest BCUT2D eigenvalue weighted by atomic mass is 9.97. The lowest BCUT2D eigenvalue weighted by Crippen LogP contribution is -2.29. The summed E-state index contributed by atoms with van der Waals surface area (Å²) in [4.78, 5) is 0. The fraction of sp³-hybridized carbons (Fsp3) is 0.867. The molecule has 1 N–H and O–H groups in total. The second kappa shape index (κ2) is 8.16.